The van der Waals surface area contributed by atoms with Crippen molar-refractivity contribution in [2.75, 3.05) is 20.7 Å². The van der Waals surface area contributed by atoms with Gasteiger partial charge in [0.2, 0.25) is 0 Å². The van der Waals surface area contributed by atoms with Crippen LogP contribution in [0.25, 0.3) is 0 Å². The Kier molecular flexibility index (Phi) is 9.40. The van der Waals surface area contributed by atoms with Crippen LogP contribution in [0.5, 0.6) is 0 Å². The third-order valence-corrected chi connectivity index (χ3v) is 1.28. The van der Waals surface area contributed by atoms with Gasteiger partial charge in [0.25, 0.3) is 0 Å². The third-order valence-electron chi connectivity index (χ3n) is 1.28. The maximum atomic E-state index is 5.38. The van der Waals surface area contributed by atoms with Crippen LogP contribution in [0.4, 0.5) is 0 Å². The molecule has 0 radical (unpaired) electrons. The molecule has 0 aliphatic carbocycles. The van der Waals surface area contributed by atoms with Crippen molar-refractivity contribution in [3.8, 4) is 0 Å². The van der Waals surface area contributed by atoms with Gasteiger partial charge < -0.3 is 4.74 Å². The van der Waals surface area contributed by atoms with Crippen molar-refractivity contribution >= 4 is 12.4 Å². The Morgan fingerprint density at radius 1 is 1.30 bits per heavy atom. The Morgan fingerprint density at radius 2 is 1.80 bits per heavy atom. The zero-order valence-electron chi connectivity index (χ0n) is 7.26. The van der Waals surface area contributed by atoms with Gasteiger partial charge in [-0.15, -0.1) is 12.4 Å². The Morgan fingerprint density at radius 3 is 1.90 bits per heavy atom. The van der Waals surface area contributed by atoms with Crippen molar-refractivity contribution in [3.63, 3.8) is 0 Å². The molecule has 10 heavy (non-hydrogen) atoms. The molecule has 0 aromatic carbocycles. The summed E-state index contributed by atoms with van der Waals surface area (Å²) in [5, 5.41) is 0. The minimum Gasteiger partial charge on any atom is -0.363 e. The van der Waals surface area contributed by atoms with Crippen molar-refractivity contribution in [2.45, 2.75) is 26.5 Å². The number of hydrogen-bond donors (Lipinski definition) is 0. The zero-order chi connectivity index (χ0) is 7.28. The van der Waals surface area contributed by atoms with Crippen molar-refractivity contribution in [3.05, 3.63) is 0 Å². The summed E-state index contributed by atoms with van der Waals surface area (Å²) in [6.07, 6.45) is 1.36. The van der Waals surface area contributed by atoms with Crippen LogP contribution in [0.1, 0.15) is 20.3 Å². The predicted molar refractivity (Wildman–Crippen MR) is 46.6 cm³/mol. The molecule has 0 amide bonds. The summed E-state index contributed by atoms with van der Waals surface area (Å²) in [7, 11) is 4.06. The molecule has 0 N–H and O–H groups in total. The molecule has 0 aromatic rings. The topological polar surface area (TPSA) is 12.5 Å². The second-order valence-electron chi connectivity index (χ2n) is 2.28. The molecule has 0 aliphatic rings. The van der Waals surface area contributed by atoms with E-state index in [1.807, 2.05) is 21.0 Å². The van der Waals surface area contributed by atoms with Crippen LogP contribution in [0.15, 0.2) is 0 Å². The lowest BCUT2D eigenvalue weighted by molar-refractivity contribution is -0.0317. The minimum absolute atomic E-state index is 0. The highest BCUT2D eigenvalue weighted by Gasteiger charge is 2.05. The van der Waals surface area contributed by atoms with Gasteiger partial charge in [-0.1, -0.05) is 6.92 Å². The van der Waals surface area contributed by atoms with Gasteiger partial charge in [0, 0.05) is 6.61 Å². The Labute approximate surface area is 70.0 Å². The molecular formula is C7H18ClNO. The van der Waals surface area contributed by atoms with Gasteiger partial charge in [0.15, 0.2) is 0 Å². The summed E-state index contributed by atoms with van der Waals surface area (Å²) < 4.78 is 5.38. The minimum atomic E-state index is 0. The van der Waals surface area contributed by atoms with Crippen molar-refractivity contribution in [1.29, 1.82) is 0 Å². The Hall–Kier alpha value is 0.210. The monoisotopic (exact) mass is 167 g/mol. The summed E-state index contributed by atoms with van der Waals surface area (Å²) in [4.78, 5) is 2.09. The maximum absolute atomic E-state index is 5.38. The van der Waals surface area contributed by atoms with E-state index in [-0.39, 0.29) is 12.4 Å². The number of nitrogens with zero attached hydrogens (tertiary/aromatic N) is 1. The second kappa shape index (κ2) is 7.32. The van der Waals surface area contributed by atoms with Crippen LogP contribution in [0.2, 0.25) is 0 Å². The SMILES string of the molecule is CCOC(CC)N(C)C.Cl. The first kappa shape index (κ1) is 12.8. The zero-order valence-corrected chi connectivity index (χ0v) is 8.07. The fourth-order valence-corrected chi connectivity index (χ4v) is 0.824. The van der Waals surface area contributed by atoms with E-state index in [9.17, 15) is 0 Å². The Bertz CT molecular complexity index is 68.6. The first-order chi connectivity index (χ1) is 4.22. The van der Waals surface area contributed by atoms with E-state index < -0.39 is 0 Å². The van der Waals surface area contributed by atoms with Crippen LogP contribution in [0, 0.1) is 0 Å². The molecule has 0 heterocycles. The fourth-order valence-electron chi connectivity index (χ4n) is 0.824. The normalized spacial score (nSPS) is 12.9. The van der Waals surface area contributed by atoms with Crippen LogP contribution < -0.4 is 0 Å². The lowest BCUT2D eigenvalue weighted by atomic mass is 10.4. The van der Waals surface area contributed by atoms with Crippen LogP contribution in [0.3, 0.4) is 0 Å². The number of halogens is 1. The summed E-state index contributed by atoms with van der Waals surface area (Å²) >= 11 is 0. The van der Waals surface area contributed by atoms with E-state index >= 15 is 0 Å². The standard InChI is InChI=1S/C7H17NO.ClH/c1-5-7(8(3)4)9-6-2;/h7H,5-6H2,1-4H3;1H. The van der Waals surface area contributed by atoms with Crippen LogP contribution >= 0.6 is 12.4 Å². The highest BCUT2D eigenvalue weighted by molar-refractivity contribution is 5.85. The van der Waals surface area contributed by atoms with E-state index in [4.69, 9.17) is 4.74 Å². The molecule has 2 nitrogen and oxygen atoms in total. The third kappa shape index (κ3) is 5.03. The van der Waals surface area contributed by atoms with Gasteiger partial charge in [0.1, 0.15) is 6.23 Å². The second-order valence-corrected chi connectivity index (χ2v) is 2.28. The molecule has 0 fully saturated rings. The molecular weight excluding hydrogens is 150 g/mol. The molecule has 0 aliphatic heterocycles. The first-order valence-electron chi connectivity index (χ1n) is 3.50. The van der Waals surface area contributed by atoms with Gasteiger partial charge in [-0.05, 0) is 27.4 Å². The quantitative estimate of drug-likeness (QED) is 0.592. The molecule has 3 heteroatoms. The maximum Gasteiger partial charge on any atom is 0.109 e. The molecule has 1 atom stereocenters. The van der Waals surface area contributed by atoms with Crippen molar-refractivity contribution in [1.82, 2.24) is 4.90 Å². The molecule has 0 saturated heterocycles. The van der Waals surface area contributed by atoms with Gasteiger partial charge in [-0.2, -0.15) is 0 Å². The largest absolute Gasteiger partial charge is 0.363 e. The van der Waals surface area contributed by atoms with Gasteiger partial charge in [-0.3, -0.25) is 4.90 Å². The van der Waals surface area contributed by atoms with Crippen molar-refractivity contribution in [2.24, 2.45) is 0 Å². The molecule has 0 aromatic heterocycles. The average Bonchev–Trinajstić information content (AvgIpc) is 1.82. The summed E-state index contributed by atoms with van der Waals surface area (Å²) in [5.41, 5.74) is 0. The number of rotatable bonds is 4. The van der Waals surface area contributed by atoms with Crippen LogP contribution in [-0.2, 0) is 4.74 Å². The fraction of sp³-hybridized carbons (Fsp3) is 1.00. The molecule has 1 unspecified atom stereocenters. The van der Waals surface area contributed by atoms with E-state index in [0.717, 1.165) is 13.0 Å². The Balaban J connectivity index is 0. The van der Waals surface area contributed by atoms with Gasteiger partial charge in [-0.25, -0.2) is 0 Å². The van der Waals surface area contributed by atoms with E-state index in [0.29, 0.717) is 6.23 Å². The smallest absolute Gasteiger partial charge is 0.109 e. The van der Waals surface area contributed by atoms with E-state index in [1.165, 1.54) is 0 Å². The lowest BCUT2D eigenvalue weighted by Gasteiger charge is -2.21. The summed E-state index contributed by atoms with van der Waals surface area (Å²) in [5.74, 6) is 0. The van der Waals surface area contributed by atoms with Crippen molar-refractivity contribution < 1.29 is 4.74 Å². The highest BCUT2D eigenvalue weighted by Crippen LogP contribution is 1.99. The number of hydrogen-bond acceptors (Lipinski definition) is 2. The molecule has 0 bridgehead atoms. The summed E-state index contributed by atoms with van der Waals surface area (Å²) in [6.45, 7) is 4.95. The molecule has 0 spiro atoms. The van der Waals surface area contributed by atoms with Gasteiger partial charge >= 0.3 is 0 Å². The molecule has 64 valence electrons. The van der Waals surface area contributed by atoms with Crippen LogP contribution in [-0.4, -0.2) is 31.8 Å². The highest BCUT2D eigenvalue weighted by atomic mass is 35.5. The lowest BCUT2D eigenvalue weighted by Crippen LogP contribution is -2.29. The van der Waals surface area contributed by atoms with E-state index in [1.54, 1.807) is 0 Å². The molecule has 0 rings (SSSR count). The predicted octanol–water partition coefficient (Wildman–Crippen LogP) is 1.74. The number of ether oxygens (including phenoxy) is 1. The summed E-state index contributed by atoms with van der Waals surface area (Å²) in [6, 6.07) is 0. The first-order valence-corrected chi connectivity index (χ1v) is 3.50. The molecule has 0 saturated carbocycles. The average molecular weight is 168 g/mol. The van der Waals surface area contributed by atoms with Gasteiger partial charge in [0.05, 0.1) is 0 Å². The van der Waals surface area contributed by atoms with E-state index in [2.05, 4.69) is 11.8 Å².